The molecule has 1 aromatic heterocycles. The number of carboxylic acid groups (broad SMARTS) is 1. The summed E-state index contributed by atoms with van der Waals surface area (Å²) >= 11 is 0. The van der Waals surface area contributed by atoms with Crippen molar-refractivity contribution in [3.8, 4) is 29.0 Å². The van der Waals surface area contributed by atoms with Crippen molar-refractivity contribution in [3.63, 3.8) is 0 Å². The zero-order valence-electron chi connectivity index (χ0n) is 15.1. The summed E-state index contributed by atoms with van der Waals surface area (Å²) in [5.41, 5.74) is 2.85. The number of aromatic nitrogens is 3. The van der Waals surface area contributed by atoms with Crippen LogP contribution in [0.3, 0.4) is 0 Å². The quantitative estimate of drug-likeness (QED) is 0.682. The fourth-order valence-electron chi connectivity index (χ4n) is 2.75. The molecule has 136 valence electrons. The molecule has 3 aromatic rings. The Morgan fingerprint density at radius 2 is 1.93 bits per heavy atom. The van der Waals surface area contributed by atoms with Gasteiger partial charge in [0.15, 0.2) is 0 Å². The van der Waals surface area contributed by atoms with Crippen molar-refractivity contribution in [1.82, 2.24) is 14.8 Å². The molecule has 3 rings (SSSR count). The molecule has 0 atom stereocenters. The zero-order valence-corrected chi connectivity index (χ0v) is 15.1. The van der Waals surface area contributed by atoms with Crippen molar-refractivity contribution in [1.29, 1.82) is 0 Å². The zero-order chi connectivity index (χ0) is 19.2. The van der Waals surface area contributed by atoms with Crippen LogP contribution in [0, 0.1) is 11.8 Å². The van der Waals surface area contributed by atoms with Gasteiger partial charge < -0.3 is 9.84 Å². The van der Waals surface area contributed by atoms with Crippen LogP contribution in [-0.4, -0.2) is 33.0 Å². The summed E-state index contributed by atoms with van der Waals surface area (Å²) in [5.74, 6) is 5.64. The van der Waals surface area contributed by atoms with Crippen LogP contribution in [0.25, 0.3) is 11.1 Å². The van der Waals surface area contributed by atoms with Crippen molar-refractivity contribution >= 4 is 5.97 Å². The molecule has 6 nitrogen and oxygen atoms in total. The number of hydrogen-bond donors (Lipinski definition) is 1. The Bertz CT molecular complexity index is 1010. The van der Waals surface area contributed by atoms with Gasteiger partial charge in [-0.2, -0.15) is 4.98 Å². The molecule has 0 aliphatic carbocycles. The molecule has 2 aromatic carbocycles. The third-order valence-electron chi connectivity index (χ3n) is 4.09. The van der Waals surface area contributed by atoms with E-state index in [1.165, 1.54) is 7.11 Å². The minimum absolute atomic E-state index is 0.284. The van der Waals surface area contributed by atoms with Crippen LogP contribution in [0.5, 0.6) is 6.01 Å². The van der Waals surface area contributed by atoms with Crippen LogP contribution in [-0.2, 0) is 13.0 Å². The molecule has 0 amide bonds. The number of benzene rings is 2. The lowest BCUT2D eigenvalue weighted by Crippen LogP contribution is -2.07. The van der Waals surface area contributed by atoms with E-state index in [0.717, 1.165) is 17.0 Å². The van der Waals surface area contributed by atoms with Crippen LogP contribution in [0.2, 0.25) is 0 Å². The van der Waals surface area contributed by atoms with Gasteiger partial charge in [-0.15, -0.1) is 11.0 Å². The van der Waals surface area contributed by atoms with Crippen molar-refractivity contribution in [2.24, 2.45) is 0 Å². The first kappa shape index (κ1) is 18.2. The fourth-order valence-corrected chi connectivity index (χ4v) is 2.75. The van der Waals surface area contributed by atoms with Gasteiger partial charge in [-0.05, 0) is 29.7 Å². The summed E-state index contributed by atoms with van der Waals surface area (Å²) in [7, 11) is 1.53. The standard InChI is InChI=1S/C21H19N3O3/c1-3-4-9-19-22-21(27-2)23-24(19)14-15-10-12-16(13-11-15)17-7-5-6-8-18(17)20(25)26/h5-8,10-13H,9,14H2,1-2H3,(H,25,26). The number of methoxy groups -OCH3 is 1. The van der Waals surface area contributed by atoms with Crippen LogP contribution < -0.4 is 4.74 Å². The minimum Gasteiger partial charge on any atom is -0.478 e. The normalized spacial score (nSPS) is 10.1. The molecule has 0 saturated heterocycles. The first-order valence-electron chi connectivity index (χ1n) is 8.41. The highest BCUT2D eigenvalue weighted by atomic mass is 16.5. The summed E-state index contributed by atoms with van der Waals surface area (Å²) in [6, 6.07) is 15.0. The Morgan fingerprint density at radius 1 is 1.19 bits per heavy atom. The van der Waals surface area contributed by atoms with Gasteiger partial charge in [0.05, 0.1) is 25.6 Å². The van der Waals surface area contributed by atoms with E-state index >= 15 is 0 Å². The molecule has 0 spiro atoms. The minimum atomic E-state index is -0.939. The fraction of sp³-hybridized carbons (Fsp3) is 0.190. The Labute approximate surface area is 157 Å². The van der Waals surface area contributed by atoms with Gasteiger partial charge in [-0.3, -0.25) is 0 Å². The Morgan fingerprint density at radius 3 is 2.59 bits per heavy atom. The summed E-state index contributed by atoms with van der Waals surface area (Å²) in [6.07, 6.45) is 0.497. The number of aromatic carboxylic acids is 1. The van der Waals surface area contributed by atoms with Gasteiger partial charge in [-0.25, -0.2) is 9.48 Å². The first-order valence-corrected chi connectivity index (χ1v) is 8.41. The highest BCUT2D eigenvalue weighted by molar-refractivity contribution is 5.95. The maximum absolute atomic E-state index is 11.4. The summed E-state index contributed by atoms with van der Waals surface area (Å²) in [5, 5.41) is 13.7. The van der Waals surface area contributed by atoms with E-state index in [4.69, 9.17) is 4.74 Å². The second-order valence-electron chi connectivity index (χ2n) is 5.82. The van der Waals surface area contributed by atoms with Gasteiger partial charge in [0, 0.05) is 0 Å². The molecule has 1 heterocycles. The van der Waals surface area contributed by atoms with Gasteiger partial charge in [-0.1, -0.05) is 48.4 Å². The van der Waals surface area contributed by atoms with Crippen LogP contribution in [0.1, 0.15) is 28.7 Å². The molecular weight excluding hydrogens is 342 g/mol. The molecule has 0 saturated carbocycles. The molecule has 0 radical (unpaired) electrons. The third kappa shape index (κ3) is 4.15. The molecule has 6 heteroatoms. The predicted octanol–water partition coefficient (Wildman–Crippen LogP) is 3.27. The first-order chi connectivity index (χ1) is 13.1. The maximum Gasteiger partial charge on any atom is 0.336 e. The molecule has 0 unspecified atom stereocenters. The Balaban J connectivity index is 1.86. The van der Waals surface area contributed by atoms with Gasteiger partial charge in [0.1, 0.15) is 5.82 Å². The highest BCUT2D eigenvalue weighted by Crippen LogP contribution is 2.24. The maximum atomic E-state index is 11.4. The highest BCUT2D eigenvalue weighted by Gasteiger charge is 2.12. The average molecular weight is 361 g/mol. The van der Waals surface area contributed by atoms with E-state index in [2.05, 4.69) is 21.9 Å². The SMILES string of the molecule is CC#CCc1nc(OC)nn1Cc1ccc(-c2ccccc2C(=O)O)cc1. The van der Waals surface area contributed by atoms with Crippen molar-refractivity contribution < 1.29 is 14.6 Å². The Kier molecular flexibility index (Phi) is 5.53. The summed E-state index contributed by atoms with van der Waals surface area (Å²) < 4.78 is 6.89. The van der Waals surface area contributed by atoms with Crippen molar-refractivity contribution in [3.05, 3.63) is 65.5 Å². The molecule has 1 N–H and O–H groups in total. The molecule has 0 aliphatic heterocycles. The second kappa shape index (κ2) is 8.19. The lowest BCUT2D eigenvalue weighted by molar-refractivity contribution is 0.0697. The van der Waals surface area contributed by atoms with E-state index in [9.17, 15) is 9.90 Å². The van der Waals surface area contributed by atoms with E-state index in [1.54, 1.807) is 23.7 Å². The molecule has 27 heavy (non-hydrogen) atoms. The number of carboxylic acids is 1. The number of rotatable bonds is 6. The molecule has 0 bridgehead atoms. The average Bonchev–Trinajstić information content (AvgIpc) is 3.08. The summed E-state index contributed by atoms with van der Waals surface area (Å²) in [4.78, 5) is 15.7. The van der Waals surface area contributed by atoms with Crippen molar-refractivity contribution in [2.45, 2.75) is 19.9 Å². The number of hydrogen-bond acceptors (Lipinski definition) is 4. The van der Waals surface area contributed by atoms with Crippen LogP contribution >= 0.6 is 0 Å². The number of ether oxygens (including phenoxy) is 1. The van der Waals surface area contributed by atoms with Crippen molar-refractivity contribution in [2.75, 3.05) is 7.11 Å². The van der Waals surface area contributed by atoms with E-state index in [0.29, 0.717) is 24.5 Å². The van der Waals surface area contributed by atoms with E-state index in [1.807, 2.05) is 36.4 Å². The molecular formula is C21H19N3O3. The lowest BCUT2D eigenvalue weighted by Gasteiger charge is -2.08. The number of nitrogens with zero attached hydrogens (tertiary/aromatic N) is 3. The van der Waals surface area contributed by atoms with Gasteiger partial charge in [0.25, 0.3) is 0 Å². The summed E-state index contributed by atoms with van der Waals surface area (Å²) in [6.45, 7) is 2.31. The topological polar surface area (TPSA) is 77.2 Å². The smallest absolute Gasteiger partial charge is 0.336 e. The second-order valence-corrected chi connectivity index (χ2v) is 5.82. The Hall–Kier alpha value is -3.59. The predicted molar refractivity (Wildman–Crippen MR) is 102 cm³/mol. The van der Waals surface area contributed by atoms with E-state index in [-0.39, 0.29) is 5.56 Å². The van der Waals surface area contributed by atoms with Crippen LogP contribution in [0.4, 0.5) is 0 Å². The van der Waals surface area contributed by atoms with Gasteiger partial charge >= 0.3 is 12.0 Å². The van der Waals surface area contributed by atoms with Crippen LogP contribution in [0.15, 0.2) is 48.5 Å². The lowest BCUT2D eigenvalue weighted by atomic mass is 9.99. The number of carbonyl (C=O) groups is 1. The van der Waals surface area contributed by atoms with E-state index < -0.39 is 5.97 Å². The molecule has 0 fully saturated rings. The third-order valence-corrected chi connectivity index (χ3v) is 4.09. The monoisotopic (exact) mass is 361 g/mol. The molecule has 0 aliphatic rings. The largest absolute Gasteiger partial charge is 0.478 e. The van der Waals surface area contributed by atoms with Gasteiger partial charge in [0.2, 0.25) is 0 Å².